The van der Waals surface area contributed by atoms with E-state index in [0.29, 0.717) is 12.2 Å². The van der Waals surface area contributed by atoms with Crippen molar-refractivity contribution in [3.8, 4) is 0 Å². The summed E-state index contributed by atoms with van der Waals surface area (Å²) in [4.78, 5) is 34.2. The minimum absolute atomic E-state index is 0.0771. The van der Waals surface area contributed by atoms with E-state index < -0.39 is 17.9 Å². The van der Waals surface area contributed by atoms with E-state index in [2.05, 4.69) is 15.6 Å². The lowest BCUT2D eigenvalue weighted by atomic mass is 10.4. The average Bonchev–Trinajstić information content (AvgIpc) is 2.79. The van der Waals surface area contributed by atoms with Crippen LogP contribution in [0.4, 0.5) is 4.79 Å². The predicted molar refractivity (Wildman–Crippen MR) is 66.3 cm³/mol. The lowest BCUT2D eigenvalue weighted by Crippen LogP contribution is -2.43. The third-order valence-electron chi connectivity index (χ3n) is 2.32. The summed E-state index contributed by atoms with van der Waals surface area (Å²) < 4.78 is 1.14. The van der Waals surface area contributed by atoms with Crippen molar-refractivity contribution in [2.24, 2.45) is 5.73 Å². The number of rotatable bonds is 7. The maximum Gasteiger partial charge on any atom is 0.325 e. The van der Waals surface area contributed by atoms with E-state index in [1.54, 1.807) is 6.92 Å². The Morgan fingerprint density at radius 3 is 2.75 bits per heavy atom. The molecule has 4 N–H and O–H groups in total. The average molecular weight is 284 g/mol. The topological polar surface area (TPSA) is 143 Å². The van der Waals surface area contributed by atoms with E-state index in [-0.39, 0.29) is 19.6 Å². The molecule has 0 spiro atoms. The molecule has 0 bridgehead atoms. The van der Waals surface area contributed by atoms with Crippen LogP contribution in [0.3, 0.4) is 0 Å². The number of carboxylic acids is 1. The molecule has 1 aromatic rings. The number of carbonyl (C=O) groups excluding carboxylic acids is 2. The number of amides is 3. The number of aromatic nitrogens is 3. The van der Waals surface area contributed by atoms with Crippen LogP contribution in [0.2, 0.25) is 0 Å². The standard InChI is InChI=1S/C10H16N6O4/c1-2-15(5-8(11)17)10(20)12-3-7-4-16(14-13-7)6-9(18)19/h4H,2-3,5-6H2,1H3,(H2,11,17)(H,12,20)(H,18,19). The lowest BCUT2D eigenvalue weighted by Gasteiger charge is -2.19. The molecule has 0 aliphatic rings. The van der Waals surface area contributed by atoms with Gasteiger partial charge in [0.1, 0.15) is 18.8 Å². The van der Waals surface area contributed by atoms with Gasteiger partial charge >= 0.3 is 12.0 Å². The van der Waals surface area contributed by atoms with Crippen molar-refractivity contribution < 1.29 is 19.5 Å². The summed E-state index contributed by atoms with van der Waals surface area (Å²) in [6.45, 7) is 1.65. The molecular formula is C10H16N6O4. The van der Waals surface area contributed by atoms with Gasteiger partial charge < -0.3 is 21.1 Å². The van der Waals surface area contributed by atoms with Crippen LogP contribution in [0.5, 0.6) is 0 Å². The fourth-order valence-corrected chi connectivity index (χ4v) is 1.43. The number of aliphatic carboxylic acids is 1. The summed E-state index contributed by atoms with van der Waals surface area (Å²) in [5, 5.41) is 18.4. The molecule has 110 valence electrons. The van der Waals surface area contributed by atoms with Crippen LogP contribution in [0.25, 0.3) is 0 Å². The molecule has 3 amide bonds. The first-order chi connectivity index (χ1) is 9.42. The summed E-state index contributed by atoms with van der Waals surface area (Å²) in [5.41, 5.74) is 5.43. The van der Waals surface area contributed by atoms with Crippen LogP contribution in [-0.4, -0.2) is 56.0 Å². The summed E-state index contributed by atoms with van der Waals surface area (Å²) in [5.74, 6) is -1.64. The molecule has 1 rings (SSSR count). The molecule has 0 aliphatic carbocycles. The number of carbonyl (C=O) groups is 3. The van der Waals surface area contributed by atoms with Gasteiger partial charge in [-0.15, -0.1) is 5.10 Å². The fraction of sp³-hybridized carbons (Fsp3) is 0.500. The predicted octanol–water partition coefficient (Wildman–Crippen LogP) is -1.62. The van der Waals surface area contributed by atoms with Gasteiger partial charge in [-0.1, -0.05) is 5.21 Å². The molecule has 10 nitrogen and oxygen atoms in total. The number of nitrogens with one attached hydrogen (secondary N) is 1. The van der Waals surface area contributed by atoms with Gasteiger partial charge in [-0.2, -0.15) is 0 Å². The quantitative estimate of drug-likeness (QED) is 0.549. The molecule has 1 heterocycles. The van der Waals surface area contributed by atoms with Crippen molar-refractivity contribution >= 4 is 17.9 Å². The van der Waals surface area contributed by atoms with Gasteiger partial charge in [0.25, 0.3) is 0 Å². The Bertz CT molecular complexity index is 500. The number of hydrogen-bond donors (Lipinski definition) is 3. The highest BCUT2D eigenvalue weighted by molar-refractivity contribution is 5.82. The summed E-state index contributed by atoms with van der Waals surface area (Å²) in [6.07, 6.45) is 1.42. The van der Waals surface area contributed by atoms with Crippen LogP contribution < -0.4 is 11.1 Å². The molecule has 1 aromatic heterocycles. The molecule has 0 fully saturated rings. The number of nitrogens with two attached hydrogens (primary N) is 1. The second-order valence-corrected chi connectivity index (χ2v) is 3.94. The van der Waals surface area contributed by atoms with Crippen LogP contribution in [0.15, 0.2) is 6.20 Å². The number of carboxylic acid groups (broad SMARTS) is 1. The Labute approximate surface area is 114 Å². The number of primary amides is 1. The Morgan fingerprint density at radius 1 is 1.50 bits per heavy atom. The molecule has 0 unspecified atom stereocenters. The van der Waals surface area contributed by atoms with E-state index >= 15 is 0 Å². The zero-order chi connectivity index (χ0) is 15.1. The Kier molecular flexibility index (Phi) is 5.44. The first-order valence-electron chi connectivity index (χ1n) is 5.84. The maximum atomic E-state index is 11.7. The third kappa shape index (κ3) is 4.92. The highest BCUT2D eigenvalue weighted by Gasteiger charge is 2.14. The van der Waals surface area contributed by atoms with Crippen molar-refractivity contribution in [1.82, 2.24) is 25.2 Å². The number of hydrogen-bond acceptors (Lipinski definition) is 5. The van der Waals surface area contributed by atoms with Gasteiger partial charge in [-0.3, -0.25) is 9.59 Å². The molecule has 20 heavy (non-hydrogen) atoms. The highest BCUT2D eigenvalue weighted by Crippen LogP contribution is 1.95. The largest absolute Gasteiger partial charge is 0.480 e. The second-order valence-electron chi connectivity index (χ2n) is 3.94. The van der Waals surface area contributed by atoms with Gasteiger partial charge in [0.05, 0.1) is 12.7 Å². The number of nitrogens with zero attached hydrogens (tertiary/aromatic N) is 4. The van der Waals surface area contributed by atoms with E-state index in [0.717, 1.165) is 4.68 Å². The van der Waals surface area contributed by atoms with Crippen molar-refractivity contribution in [2.75, 3.05) is 13.1 Å². The first-order valence-corrected chi connectivity index (χ1v) is 5.84. The van der Waals surface area contributed by atoms with Gasteiger partial charge in [0.2, 0.25) is 5.91 Å². The van der Waals surface area contributed by atoms with Crippen molar-refractivity contribution in [3.05, 3.63) is 11.9 Å². The van der Waals surface area contributed by atoms with Gasteiger partial charge in [0, 0.05) is 6.54 Å². The fourth-order valence-electron chi connectivity index (χ4n) is 1.43. The van der Waals surface area contributed by atoms with Gasteiger partial charge in [-0.25, -0.2) is 9.48 Å². The van der Waals surface area contributed by atoms with E-state index in [1.807, 2.05) is 0 Å². The van der Waals surface area contributed by atoms with Crippen molar-refractivity contribution in [1.29, 1.82) is 0 Å². The number of likely N-dealkylation sites (N-methyl/N-ethyl adjacent to an activating group) is 1. The maximum absolute atomic E-state index is 11.7. The molecule has 10 heteroatoms. The Balaban J connectivity index is 2.49. The Morgan fingerprint density at radius 2 is 2.20 bits per heavy atom. The molecular weight excluding hydrogens is 268 g/mol. The smallest absolute Gasteiger partial charge is 0.325 e. The van der Waals surface area contributed by atoms with Crippen molar-refractivity contribution in [3.63, 3.8) is 0 Å². The van der Waals surface area contributed by atoms with Crippen molar-refractivity contribution in [2.45, 2.75) is 20.0 Å². The highest BCUT2D eigenvalue weighted by atomic mass is 16.4. The lowest BCUT2D eigenvalue weighted by molar-refractivity contribution is -0.137. The van der Waals surface area contributed by atoms with Gasteiger partial charge in [-0.05, 0) is 6.92 Å². The summed E-state index contributed by atoms with van der Waals surface area (Å²) in [6, 6.07) is -0.459. The minimum atomic E-state index is -1.04. The zero-order valence-corrected chi connectivity index (χ0v) is 10.9. The molecule has 0 aromatic carbocycles. The van der Waals surface area contributed by atoms with Gasteiger partial charge in [0.15, 0.2) is 0 Å². The summed E-state index contributed by atoms with van der Waals surface area (Å²) >= 11 is 0. The van der Waals surface area contributed by atoms with Crippen LogP contribution in [-0.2, 0) is 22.7 Å². The first kappa shape index (κ1) is 15.4. The minimum Gasteiger partial charge on any atom is -0.480 e. The van der Waals surface area contributed by atoms with Crippen LogP contribution in [0.1, 0.15) is 12.6 Å². The van der Waals surface area contributed by atoms with E-state index in [1.165, 1.54) is 11.1 Å². The van der Waals surface area contributed by atoms with E-state index in [4.69, 9.17) is 10.8 Å². The molecule has 0 saturated carbocycles. The summed E-state index contributed by atoms with van der Waals surface area (Å²) in [7, 11) is 0. The monoisotopic (exact) mass is 284 g/mol. The molecule has 0 radical (unpaired) electrons. The third-order valence-corrected chi connectivity index (χ3v) is 2.32. The normalized spacial score (nSPS) is 10.1. The molecule has 0 aliphatic heterocycles. The van der Waals surface area contributed by atoms with E-state index in [9.17, 15) is 14.4 Å². The number of urea groups is 1. The molecule has 0 saturated heterocycles. The zero-order valence-electron chi connectivity index (χ0n) is 10.9. The van der Waals surface area contributed by atoms with Crippen LogP contribution in [0, 0.1) is 0 Å². The Hall–Kier alpha value is -2.65. The van der Waals surface area contributed by atoms with Crippen LogP contribution >= 0.6 is 0 Å². The SMILES string of the molecule is CCN(CC(N)=O)C(=O)NCc1cn(CC(=O)O)nn1. The second kappa shape index (κ2) is 7.07. The molecule has 0 atom stereocenters.